The lowest BCUT2D eigenvalue weighted by Gasteiger charge is -2.07. The van der Waals surface area contributed by atoms with Crippen molar-refractivity contribution in [2.24, 2.45) is 0 Å². The molecule has 0 bridgehead atoms. The van der Waals surface area contributed by atoms with E-state index < -0.39 is 6.04 Å². The quantitative estimate of drug-likeness (QED) is 0.514. The number of aromatic nitrogens is 2. The second-order valence-electron chi connectivity index (χ2n) is 7.28. The third-order valence-corrected chi connectivity index (χ3v) is 5.21. The summed E-state index contributed by atoms with van der Waals surface area (Å²) in [4.78, 5) is 18.0. The smallest absolute Gasteiger partial charge is 0.359 e. The van der Waals surface area contributed by atoms with Crippen molar-refractivity contribution in [2.75, 3.05) is 5.32 Å². The number of anilines is 1. The molecule has 0 fully saturated rings. The predicted octanol–water partition coefficient (Wildman–Crippen LogP) is 4.04. The highest BCUT2D eigenvalue weighted by Gasteiger charge is 2.41. The number of carbonyl (C=O) groups excluding carboxylic acids is 1. The number of halogens is 1. The van der Waals surface area contributed by atoms with Gasteiger partial charge in [0.05, 0.1) is 12.7 Å². The van der Waals surface area contributed by atoms with Crippen molar-refractivity contribution in [3.05, 3.63) is 102 Å². The van der Waals surface area contributed by atoms with Crippen LogP contribution in [-0.4, -0.2) is 16.9 Å². The summed E-state index contributed by atoms with van der Waals surface area (Å²) in [6.07, 6.45) is 4.34. The van der Waals surface area contributed by atoms with Gasteiger partial charge in [0.2, 0.25) is 6.04 Å². The first-order valence-corrected chi connectivity index (χ1v) is 9.76. The fraction of sp³-hybridized carbons (Fsp3) is 0.125. The Balaban J connectivity index is 1.56. The van der Waals surface area contributed by atoms with Crippen LogP contribution in [0.25, 0.3) is 11.3 Å². The van der Waals surface area contributed by atoms with Crippen molar-refractivity contribution in [1.29, 1.82) is 0 Å². The zero-order chi connectivity index (χ0) is 20.5. The van der Waals surface area contributed by atoms with Gasteiger partial charge in [-0.25, -0.2) is 14.2 Å². The van der Waals surface area contributed by atoms with E-state index in [9.17, 15) is 9.18 Å². The van der Waals surface area contributed by atoms with Crippen molar-refractivity contribution in [3.63, 3.8) is 0 Å². The Labute approximate surface area is 172 Å². The first-order valence-electron chi connectivity index (χ1n) is 9.76. The monoisotopic (exact) mass is 400 g/mol. The van der Waals surface area contributed by atoms with E-state index >= 15 is 0 Å². The normalized spacial score (nSPS) is 15.1. The van der Waals surface area contributed by atoms with E-state index in [1.54, 1.807) is 29.2 Å². The van der Waals surface area contributed by atoms with Crippen LogP contribution in [0.1, 0.15) is 21.8 Å². The minimum Gasteiger partial charge on any atom is -0.469 e. The van der Waals surface area contributed by atoms with Crippen LogP contribution in [0.2, 0.25) is 0 Å². The highest BCUT2D eigenvalue weighted by molar-refractivity contribution is 5.82. The second-order valence-corrected chi connectivity index (χ2v) is 7.28. The Hall–Kier alpha value is -3.80. The molecule has 30 heavy (non-hydrogen) atoms. The molecule has 5 rings (SSSR count). The van der Waals surface area contributed by atoms with Crippen LogP contribution in [0.15, 0.2) is 83.6 Å². The summed E-state index contributed by atoms with van der Waals surface area (Å²) in [7, 11) is 0. The largest absolute Gasteiger partial charge is 0.469 e. The Kier molecular flexibility index (Phi) is 4.59. The number of furan rings is 1. The Bertz CT molecular complexity index is 1190. The average Bonchev–Trinajstić information content (AvgIpc) is 3.38. The fourth-order valence-electron chi connectivity index (χ4n) is 3.71. The van der Waals surface area contributed by atoms with Crippen molar-refractivity contribution in [3.8, 4) is 11.3 Å². The SMILES string of the molecule is O=C1C(Cc2ccco2)Nc2c(Cc3ccccc3)nc(-c3ccc(F)cc3)c[n+]21. The van der Waals surface area contributed by atoms with Crippen molar-refractivity contribution in [1.82, 2.24) is 4.98 Å². The van der Waals surface area contributed by atoms with E-state index in [4.69, 9.17) is 9.40 Å². The third-order valence-electron chi connectivity index (χ3n) is 5.21. The molecule has 6 heteroatoms. The standard InChI is InChI=1S/C24H18FN3O2/c25-18-10-8-17(9-11-18)22-15-28-23(20(26-22)13-16-5-2-1-3-6-16)27-21(24(28)29)14-19-7-4-12-30-19/h1-12,15,21H,13-14H2/p+1. The maximum absolute atomic E-state index is 13.4. The molecule has 1 aliphatic rings. The number of benzene rings is 2. The number of carbonyl (C=O) groups is 1. The highest BCUT2D eigenvalue weighted by Crippen LogP contribution is 2.25. The Morgan fingerprint density at radius 2 is 1.83 bits per heavy atom. The Morgan fingerprint density at radius 1 is 1.03 bits per heavy atom. The number of hydrogen-bond acceptors (Lipinski definition) is 4. The summed E-state index contributed by atoms with van der Waals surface area (Å²) in [6.45, 7) is 0. The molecule has 4 aromatic rings. The van der Waals surface area contributed by atoms with Crippen LogP contribution < -0.4 is 9.88 Å². The minimum absolute atomic E-state index is 0.0681. The van der Waals surface area contributed by atoms with Crippen LogP contribution in [-0.2, 0) is 12.8 Å². The summed E-state index contributed by atoms with van der Waals surface area (Å²) in [5, 5.41) is 3.33. The molecule has 0 aliphatic carbocycles. The van der Waals surface area contributed by atoms with Gasteiger partial charge in [-0.1, -0.05) is 30.3 Å². The Morgan fingerprint density at radius 3 is 2.57 bits per heavy atom. The van der Waals surface area contributed by atoms with Gasteiger partial charge in [-0.3, -0.25) is 5.32 Å². The molecule has 1 N–H and O–H groups in total. The molecule has 5 nitrogen and oxygen atoms in total. The molecular formula is C24H19FN3O2+. The summed E-state index contributed by atoms with van der Waals surface area (Å²) >= 11 is 0. The number of nitrogens with zero attached hydrogens (tertiary/aromatic N) is 2. The number of nitrogens with one attached hydrogen (secondary N) is 1. The van der Waals surface area contributed by atoms with Gasteiger partial charge in [-0.2, -0.15) is 4.57 Å². The number of hydrogen-bond donors (Lipinski definition) is 1. The van der Waals surface area contributed by atoms with E-state index in [1.807, 2.05) is 42.5 Å². The molecule has 0 saturated heterocycles. The molecule has 2 aromatic carbocycles. The maximum atomic E-state index is 13.4. The topological polar surface area (TPSA) is 59.0 Å². The molecule has 148 valence electrons. The molecule has 0 spiro atoms. The van der Waals surface area contributed by atoms with E-state index in [2.05, 4.69) is 5.32 Å². The van der Waals surface area contributed by atoms with Gasteiger partial charge in [0.25, 0.3) is 0 Å². The summed E-state index contributed by atoms with van der Waals surface area (Å²) in [5.41, 5.74) is 3.23. The minimum atomic E-state index is -0.434. The van der Waals surface area contributed by atoms with Gasteiger partial charge in [-0.05, 0) is 42.0 Å². The van der Waals surface area contributed by atoms with Gasteiger partial charge >= 0.3 is 11.7 Å². The second kappa shape index (κ2) is 7.55. The van der Waals surface area contributed by atoms with Crippen LogP contribution >= 0.6 is 0 Å². The van der Waals surface area contributed by atoms with Gasteiger partial charge in [0.15, 0.2) is 0 Å². The van der Waals surface area contributed by atoms with E-state index in [0.717, 1.165) is 22.6 Å². The van der Waals surface area contributed by atoms with Crippen molar-refractivity contribution >= 4 is 11.7 Å². The van der Waals surface area contributed by atoms with Crippen molar-refractivity contribution in [2.45, 2.75) is 18.9 Å². The maximum Gasteiger partial charge on any atom is 0.359 e. The van der Waals surface area contributed by atoms with E-state index in [0.29, 0.717) is 24.4 Å². The first kappa shape index (κ1) is 18.2. The average molecular weight is 400 g/mol. The van der Waals surface area contributed by atoms with Gasteiger partial charge < -0.3 is 4.42 Å². The third kappa shape index (κ3) is 3.48. The zero-order valence-corrected chi connectivity index (χ0v) is 16.1. The molecule has 0 saturated carbocycles. The van der Waals surface area contributed by atoms with Gasteiger partial charge in [0, 0.05) is 12.0 Å². The molecular weight excluding hydrogens is 381 g/mol. The van der Waals surface area contributed by atoms with Crippen LogP contribution in [0.5, 0.6) is 0 Å². The van der Waals surface area contributed by atoms with Crippen LogP contribution in [0.3, 0.4) is 0 Å². The van der Waals surface area contributed by atoms with Crippen molar-refractivity contribution < 1.29 is 18.2 Å². The number of fused-ring (bicyclic) bond motifs is 1. The lowest BCUT2D eigenvalue weighted by molar-refractivity contribution is -0.552. The molecule has 2 aromatic heterocycles. The first-order chi connectivity index (χ1) is 14.7. The van der Waals surface area contributed by atoms with Gasteiger partial charge in [-0.15, -0.1) is 0 Å². The van der Waals surface area contributed by atoms with Crippen LogP contribution in [0.4, 0.5) is 10.2 Å². The summed E-state index contributed by atoms with van der Waals surface area (Å²) in [6, 6.07) is 19.3. The predicted molar refractivity (Wildman–Crippen MR) is 110 cm³/mol. The number of rotatable bonds is 5. The van der Waals surface area contributed by atoms with Gasteiger partial charge in [0.1, 0.15) is 29.2 Å². The fourth-order valence-corrected chi connectivity index (χ4v) is 3.71. The van der Waals surface area contributed by atoms with Crippen LogP contribution in [0, 0.1) is 5.82 Å². The molecule has 1 unspecified atom stereocenters. The molecule has 1 atom stereocenters. The lowest BCUT2D eigenvalue weighted by Crippen LogP contribution is -2.44. The summed E-state index contributed by atoms with van der Waals surface area (Å²) < 4.78 is 20.4. The summed E-state index contributed by atoms with van der Waals surface area (Å²) in [5.74, 6) is 1.05. The van der Waals surface area contributed by atoms with E-state index in [-0.39, 0.29) is 11.7 Å². The highest BCUT2D eigenvalue weighted by atomic mass is 19.1. The molecule has 1 aliphatic heterocycles. The lowest BCUT2D eigenvalue weighted by atomic mass is 10.1. The molecule has 3 heterocycles. The molecule has 0 amide bonds. The molecule has 0 radical (unpaired) electrons. The van der Waals surface area contributed by atoms with E-state index in [1.165, 1.54) is 12.1 Å². The zero-order valence-electron chi connectivity index (χ0n) is 16.1.